The molecule has 1 aliphatic rings. The zero-order valence-electron chi connectivity index (χ0n) is 20.9. The molecule has 1 amide bonds. The summed E-state index contributed by atoms with van der Waals surface area (Å²) in [6.07, 6.45) is 0. The Balaban J connectivity index is 1.59. The summed E-state index contributed by atoms with van der Waals surface area (Å²) in [6, 6.07) is 13.1. The van der Waals surface area contributed by atoms with Gasteiger partial charge in [-0.1, -0.05) is 19.9 Å². The van der Waals surface area contributed by atoms with Crippen LogP contribution in [0.15, 0.2) is 46.9 Å². The number of fused-ring (bicyclic) bond motifs is 3. The van der Waals surface area contributed by atoms with Crippen molar-refractivity contribution in [2.24, 2.45) is 5.92 Å². The minimum Gasteiger partial charge on any atom is -0.497 e. The normalized spacial score (nSPS) is 15.6. The highest BCUT2D eigenvalue weighted by Crippen LogP contribution is 2.30. The van der Waals surface area contributed by atoms with E-state index in [2.05, 4.69) is 33.2 Å². The molecule has 10 heteroatoms. The van der Waals surface area contributed by atoms with E-state index in [1.807, 2.05) is 61.2 Å². The lowest BCUT2D eigenvalue weighted by Crippen LogP contribution is -2.53. The molecule has 0 aliphatic carbocycles. The van der Waals surface area contributed by atoms with Gasteiger partial charge in [0.05, 0.1) is 12.6 Å². The number of hydrogen-bond acceptors (Lipinski definition) is 7. The molecular formula is C26H30BrN7O2. The quantitative estimate of drug-likeness (QED) is 0.388. The number of ether oxygens (including phenoxy) is 1. The standard InChI is InChI=1S/C26H30BrN7O2/c1-16(2)21(25(35)33-14-12-32(3)13-15-33)28-26-29-22-19(6-5-7-20(22)27)24-30-23(31-34(24)26)17-8-10-18(36-4)11-9-17/h5-11,16,21H,12-15H2,1-4H3,(H,28,29)/t21-/m1/s1. The number of rotatable bonds is 6. The first-order valence-corrected chi connectivity index (χ1v) is 12.9. The van der Waals surface area contributed by atoms with E-state index < -0.39 is 6.04 Å². The van der Waals surface area contributed by atoms with Crippen molar-refractivity contribution in [3.05, 3.63) is 46.9 Å². The maximum Gasteiger partial charge on any atom is 0.245 e. The second-order valence-corrected chi connectivity index (χ2v) is 10.3. The highest BCUT2D eigenvalue weighted by atomic mass is 79.9. The van der Waals surface area contributed by atoms with E-state index in [1.165, 1.54) is 0 Å². The van der Waals surface area contributed by atoms with Crippen molar-refractivity contribution >= 4 is 44.3 Å². The fourth-order valence-electron chi connectivity index (χ4n) is 4.43. The molecule has 1 aliphatic heterocycles. The number of carbonyl (C=O) groups is 1. The molecule has 4 aromatic rings. The lowest BCUT2D eigenvalue weighted by atomic mass is 10.0. The van der Waals surface area contributed by atoms with Crippen LogP contribution in [0, 0.1) is 5.92 Å². The minimum atomic E-state index is -0.447. The van der Waals surface area contributed by atoms with E-state index in [1.54, 1.807) is 11.6 Å². The zero-order valence-corrected chi connectivity index (χ0v) is 22.5. The first kappa shape index (κ1) is 24.5. The number of anilines is 1. The van der Waals surface area contributed by atoms with Crippen LogP contribution in [0.2, 0.25) is 0 Å². The number of nitrogens with one attached hydrogen (secondary N) is 1. The van der Waals surface area contributed by atoms with E-state index in [-0.39, 0.29) is 11.8 Å². The van der Waals surface area contributed by atoms with E-state index >= 15 is 0 Å². The first-order chi connectivity index (χ1) is 17.4. The molecule has 0 saturated carbocycles. The predicted octanol–water partition coefficient (Wildman–Crippen LogP) is 3.93. The Morgan fingerprint density at radius 1 is 1.06 bits per heavy atom. The molecule has 0 unspecified atom stereocenters. The third-order valence-electron chi connectivity index (χ3n) is 6.63. The number of amides is 1. The Hall–Kier alpha value is -3.24. The summed E-state index contributed by atoms with van der Waals surface area (Å²) in [7, 11) is 3.72. The molecule has 1 fully saturated rings. The van der Waals surface area contributed by atoms with Crippen molar-refractivity contribution < 1.29 is 9.53 Å². The number of benzene rings is 2. The number of nitrogens with zero attached hydrogens (tertiary/aromatic N) is 6. The average Bonchev–Trinajstić information content (AvgIpc) is 3.34. The average molecular weight is 552 g/mol. The van der Waals surface area contributed by atoms with Gasteiger partial charge in [-0.05, 0) is 65.3 Å². The number of methoxy groups -OCH3 is 1. The molecule has 9 nitrogen and oxygen atoms in total. The first-order valence-electron chi connectivity index (χ1n) is 12.1. The van der Waals surface area contributed by atoms with E-state index in [4.69, 9.17) is 19.8 Å². The molecule has 1 saturated heterocycles. The van der Waals surface area contributed by atoms with E-state index in [9.17, 15) is 4.79 Å². The summed E-state index contributed by atoms with van der Waals surface area (Å²) in [5.74, 6) is 1.95. The maximum atomic E-state index is 13.6. The molecule has 0 bridgehead atoms. The molecule has 3 heterocycles. The number of aromatic nitrogens is 4. The summed E-state index contributed by atoms with van der Waals surface area (Å²) in [4.78, 5) is 27.5. The van der Waals surface area contributed by atoms with Gasteiger partial charge >= 0.3 is 0 Å². The summed E-state index contributed by atoms with van der Waals surface area (Å²) in [5.41, 5.74) is 2.29. The van der Waals surface area contributed by atoms with Gasteiger partial charge in [0.15, 0.2) is 11.5 Å². The zero-order chi connectivity index (χ0) is 25.4. The van der Waals surface area contributed by atoms with Crippen LogP contribution in [0.1, 0.15) is 13.8 Å². The van der Waals surface area contributed by atoms with Crippen molar-refractivity contribution in [2.75, 3.05) is 45.7 Å². The van der Waals surface area contributed by atoms with Crippen LogP contribution < -0.4 is 10.1 Å². The third-order valence-corrected chi connectivity index (χ3v) is 7.27. The molecule has 1 atom stereocenters. The molecule has 36 heavy (non-hydrogen) atoms. The number of piperazine rings is 1. The third kappa shape index (κ3) is 4.62. The van der Waals surface area contributed by atoms with Crippen molar-refractivity contribution in [2.45, 2.75) is 19.9 Å². The van der Waals surface area contributed by atoms with Gasteiger partial charge in [-0.25, -0.2) is 9.97 Å². The van der Waals surface area contributed by atoms with Crippen LogP contribution in [0.4, 0.5) is 5.95 Å². The number of halogens is 1. The summed E-state index contributed by atoms with van der Waals surface area (Å²) in [5, 5.41) is 9.11. The molecule has 1 N–H and O–H groups in total. The topological polar surface area (TPSA) is 87.9 Å². The van der Waals surface area contributed by atoms with Crippen LogP contribution in [-0.4, -0.2) is 81.7 Å². The minimum absolute atomic E-state index is 0.0495. The van der Waals surface area contributed by atoms with Crippen LogP contribution in [-0.2, 0) is 4.79 Å². The van der Waals surface area contributed by atoms with Crippen LogP contribution in [0.3, 0.4) is 0 Å². The van der Waals surface area contributed by atoms with Gasteiger partial charge < -0.3 is 19.9 Å². The number of para-hydroxylation sites is 1. The van der Waals surface area contributed by atoms with Crippen LogP contribution >= 0.6 is 15.9 Å². The Bertz CT molecular complexity index is 1400. The van der Waals surface area contributed by atoms with Crippen molar-refractivity contribution in [1.29, 1.82) is 0 Å². The van der Waals surface area contributed by atoms with Gasteiger partial charge in [-0.3, -0.25) is 4.79 Å². The smallest absolute Gasteiger partial charge is 0.245 e. The van der Waals surface area contributed by atoms with Gasteiger partial charge in [0, 0.05) is 41.6 Å². The van der Waals surface area contributed by atoms with Gasteiger partial charge in [0.2, 0.25) is 11.9 Å². The Labute approximate surface area is 218 Å². The summed E-state index contributed by atoms with van der Waals surface area (Å²) >= 11 is 3.64. The maximum absolute atomic E-state index is 13.6. The molecule has 2 aromatic carbocycles. The lowest BCUT2D eigenvalue weighted by Gasteiger charge is -2.35. The molecule has 188 valence electrons. The van der Waals surface area contributed by atoms with Gasteiger partial charge in [-0.15, -0.1) is 5.10 Å². The molecule has 0 radical (unpaired) electrons. The molecule has 5 rings (SSSR count). The number of carbonyl (C=O) groups excluding carboxylic acids is 1. The highest BCUT2D eigenvalue weighted by Gasteiger charge is 2.30. The summed E-state index contributed by atoms with van der Waals surface area (Å²) < 4.78 is 7.85. The van der Waals surface area contributed by atoms with E-state index in [0.29, 0.717) is 17.4 Å². The Morgan fingerprint density at radius 3 is 2.44 bits per heavy atom. The molecule has 0 spiro atoms. The lowest BCUT2D eigenvalue weighted by molar-refractivity contribution is -0.134. The predicted molar refractivity (Wildman–Crippen MR) is 144 cm³/mol. The highest BCUT2D eigenvalue weighted by molar-refractivity contribution is 9.10. The monoisotopic (exact) mass is 551 g/mol. The fourth-order valence-corrected chi connectivity index (χ4v) is 4.88. The van der Waals surface area contributed by atoms with Crippen molar-refractivity contribution in [3.8, 4) is 17.1 Å². The van der Waals surface area contributed by atoms with Crippen LogP contribution in [0.25, 0.3) is 27.9 Å². The van der Waals surface area contributed by atoms with Gasteiger partial charge in [0.1, 0.15) is 11.8 Å². The number of likely N-dealkylation sites (N-methyl/N-ethyl adjacent to an activating group) is 1. The SMILES string of the molecule is COc1ccc(-c2nc3c4cccc(Br)c4nc(N[C@@H](C(=O)N4CCN(C)CC4)C(C)C)n3n2)cc1. The summed E-state index contributed by atoms with van der Waals surface area (Å²) in [6.45, 7) is 7.27. The Kier molecular flexibility index (Phi) is 6.81. The van der Waals surface area contributed by atoms with Gasteiger partial charge in [-0.2, -0.15) is 4.52 Å². The second kappa shape index (κ2) is 10.0. The second-order valence-electron chi connectivity index (χ2n) is 9.47. The Morgan fingerprint density at radius 2 is 1.78 bits per heavy atom. The van der Waals surface area contributed by atoms with Crippen LogP contribution in [0.5, 0.6) is 5.75 Å². The van der Waals surface area contributed by atoms with Crippen molar-refractivity contribution in [1.82, 2.24) is 29.4 Å². The molecular weight excluding hydrogens is 522 g/mol. The largest absolute Gasteiger partial charge is 0.497 e. The fraction of sp³-hybridized carbons (Fsp3) is 0.385. The van der Waals surface area contributed by atoms with Gasteiger partial charge in [0.25, 0.3) is 0 Å². The van der Waals surface area contributed by atoms with Crippen molar-refractivity contribution in [3.63, 3.8) is 0 Å². The number of hydrogen-bond donors (Lipinski definition) is 1. The van der Waals surface area contributed by atoms with E-state index in [0.717, 1.165) is 52.9 Å². The molecule has 2 aromatic heterocycles.